The summed E-state index contributed by atoms with van der Waals surface area (Å²) < 4.78 is 27.1. The normalized spacial score (nSPS) is 18.9. The molecule has 1 saturated carbocycles. The molecule has 1 amide bonds. The molecule has 0 atom stereocenters. The number of sulfonamides is 1. The van der Waals surface area contributed by atoms with Crippen molar-refractivity contribution in [2.24, 2.45) is 0 Å². The van der Waals surface area contributed by atoms with Gasteiger partial charge in [-0.25, -0.2) is 18.4 Å². The van der Waals surface area contributed by atoms with Crippen molar-refractivity contribution in [3.8, 4) is 0 Å². The Kier molecular flexibility index (Phi) is 7.51. The Morgan fingerprint density at radius 3 is 2.30 bits per heavy atom. The van der Waals surface area contributed by atoms with E-state index >= 15 is 0 Å². The van der Waals surface area contributed by atoms with Crippen LogP contribution in [0.5, 0.6) is 0 Å². The summed E-state index contributed by atoms with van der Waals surface area (Å²) in [6, 6.07) is 9.25. The standard InChI is InChI=1S/C23H30ClN5O3S/c24-20-7-5-19(6-8-20)23(9-1-2-10-23)21(30)25-13-4-18-33(31,32)29-16-14-28(15-17-29)22-26-11-3-12-27-22/h3,5-8,11-12H,1-2,4,9-10,13-18H2,(H,25,30). The Balaban J connectivity index is 1.26. The molecule has 33 heavy (non-hydrogen) atoms. The monoisotopic (exact) mass is 491 g/mol. The maximum Gasteiger partial charge on any atom is 0.230 e. The van der Waals surface area contributed by atoms with E-state index in [0.717, 1.165) is 31.2 Å². The second kappa shape index (κ2) is 10.4. The summed E-state index contributed by atoms with van der Waals surface area (Å²) in [6.07, 6.45) is 7.36. The summed E-state index contributed by atoms with van der Waals surface area (Å²) in [5.41, 5.74) is 0.439. The Bertz CT molecular complexity index is 1040. The molecule has 1 saturated heterocycles. The first kappa shape index (κ1) is 23.9. The zero-order chi connectivity index (χ0) is 23.3. The van der Waals surface area contributed by atoms with Crippen molar-refractivity contribution in [3.63, 3.8) is 0 Å². The van der Waals surface area contributed by atoms with Gasteiger partial charge in [0.15, 0.2) is 0 Å². The Labute approximate surface area is 200 Å². The molecule has 1 aliphatic carbocycles. The molecule has 2 aromatic rings. The summed E-state index contributed by atoms with van der Waals surface area (Å²) in [5, 5.41) is 3.65. The van der Waals surface area contributed by atoms with Crippen LogP contribution < -0.4 is 10.2 Å². The fourth-order valence-corrected chi connectivity index (χ4v) is 6.38. The highest BCUT2D eigenvalue weighted by molar-refractivity contribution is 7.89. The van der Waals surface area contributed by atoms with Crippen molar-refractivity contribution in [2.75, 3.05) is 43.4 Å². The lowest BCUT2D eigenvalue weighted by molar-refractivity contribution is -0.126. The highest BCUT2D eigenvalue weighted by Crippen LogP contribution is 2.41. The molecule has 0 bridgehead atoms. The topological polar surface area (TPSA) is 95.5 Å². The van der Waals surface area contributed by atoms with Crippen LogP contribution in [-0.2, 0) is 20.2 Å². The summed E-state index contributed by atoms with van der Waals surface area (Å²) in [7, 11) is -3.38. The van der Waals surface area contributed by atoms with E-state index in [4.69, 9.17) is 11.6 Å². The predicted molar refractivity (Wildman–Crippen MR) is 129 cm³/mol. The van der Waals surface area contributed by atoms with Crippen molar-refractivity contribution in [3.05, 3.63) is 53.3 Å². The lowest BCUT2D eigenvalue weighted by Crippen LogP contribution is -2.50. The van der Waals surface area contributed by atoms with Crippen LogP contribution in [0, 0.1) is 0 Å². The molecule has 1 aromatic heterocycles. The maximum atomic E-state index is 13.1. The van der Waals surface area contributed by atoms with Gasteiger partial charge in [0.1, 0.15) is 0 Å². The number of benzene rings is 1. The van der Waals surface area contributed by atoms with Gasteiger partial charge in [0, 0.05) is 50.1 Å². The molecule has 1 aliphatic heterocycles. The first-order valence-electron chi connectivity index (χ1n) is 11.4. The zero-order valence-electron chi connectivity index (χ0n) is 18.6. The lowest BCUT2D eigenvalue weighted by atomic mass is 9.78. The Hall–Kier alpha value is -2.23. The van der Waals surface area contributed by atoms with Crippen LogP contribution >= 0.6 is 11.6 Å². The Morgan fingerprint density at radius 2 is 1.67 bits per heavy atom. The van der Waals surface area contributed by atoms with Gasteiger partial charge in [-0.2, -0.15) is 4.31 Å². The van der Waals surface area contributed by atoms with E-state index in [1.54, 1.807) is 18.5 Å². The third-order valence-electron chi connectivity index (χ3n) is 6.62. The fourth-order valence-electron chi connectivity index (χ4n) is 4.77. The number of nitrogens with zero attached hydrogens (tertiary/aromatic N) is 4. The SMILES string of the molecule is O=C(NCCCS(=O)(=O)N1CCN(c2ncccn2)CC1)C1(c2ccc(Cl)cc2)CCCC1. The minimum absolute atomic E-state index is 0.0169. The summed E-state index contributed by atoms with van der Waals surface area (Å²) >= 11 is 6.02. The van der Waals surface area contributed by atoms with Crippen LogP contribution in [0.1, 0.15) is 37.7 Å². The Morgan fingerprint density at radius 1 is 1.03 bits per heavy atom. The van der Waals surface area contributed by atoms with E-state index in [2.05, 4.69) is 15.3 Å². The molecule has 2 fully saturated rings. The van der Waals surface area contributed by atoms with Crippen LogP contribution in [0.4, 0.5) is 5.95 Å². The molecule has 4 rings (SSSR count). The number of piperazine rings is 1. The van der Waals surface area contributed by atoms with Crippen molar-refractivity contribution in [2.45, 2.75) is 37.5 Å². The first-order chi connectivity index (χ1) is 15.9. The summed E-state index contributed by atoms with van der Waals surface area (Å²) in [4.78, 5) is 23.6. The van der Waals surface area contributed by atoms with Gasteiger partial charge in [-0.3, -0.25) is 4.79 Å². The number of carbonyl (C=O) groups excluding carboxylic acids is 1. The van der Waals surface area contributed by atoms with Crippen LogP contribution in [0.2, 0.25) is 5.02 Å². The van der Waals surface area contributed by atoms with Gasteiger partial charge in [-0.05, 0) is 43.0 Å². The summed E-state index contributed by atoms with van der Waals surface area (Å²) in [6.45, 7) is 2.28. The highest BCUT2D eigenvalue weighted by atomic mass is 35.5. The number of rotatable bonds is 8. The van der Waals surface area contributed by atoms with Crippen molar-refractivity contribution in [1.82, 2.24) is 19.6 Å². The van der Waals surface area contributed by atoms with Crippen molar-refractivity contribution >= 4 is 33.5 Å². The first-order valence-corrected chi connectivity index (χ1v) is 13.4. The number of aromatic nitrogens is 2. The number of amides is 1. The van der Waals surface area contributed by atoms with Crippen LogP contribution in [0.3, 0.4) is 0 Å². The van der Waals surface area contributed by atoms with Gasteiger partial charge in [0.05, 0.1) is 11.2 Å². The van der Waals surface area contributed by atoms with Gasteiger partial charge < -0.3 is 10.2 Å². The van der Waals surface area contributed by atoms with E-state index in [0.29, 0.717) is 50.1 Å². The van der Waals surface area contributed by atoms with Crippen molar-refractivity contribution < 1.29 is 13.2 Å². The minimum atomic E-state index is -3.38. The average Bonchev–Trinajstić information content (AvgIpc) is 3.34. The van der Waals surface area contributed by atoms with Gasteiger partial charge in [0.2, 0.25) is 21.9 Å². The molecule has 8 nitrogen and oxygen atoms in total. The van der Waals surface area contributed by atoms with E-state index < -0.39 is 15.4 Å². The molecule has 178 valence electrons. The van der Waals surface area contributed by atoms with E-state index in [9.17, 15) is 13.2 Å². The van der Waals surface area contributed by atoms with Crippen LogP contribution in [-0.4, -0.2) is 67.1 Å². The third-order valence-corrected chi connectivity index (χ3v) is 8.83. The number of halogens is 1. The van der Waals surface area contributed by atoms with Gasteiger partial charge in [-0.1, -0.05) is 36.6 Å². The second-order valence-electron chi connectivity index (χ2n) is 8.66. The predicted octanol–water partition coefficient (Wildman–Crippen LogP) is 2.60. The van der Waals surface area contributed by atoms with Gasteiger partial charge >= 0.3 is 0 Å². The molecular formula is C23H30ClN5O3S. The maximum absolute atomic E-state index is 13.1. The number of nitrogens with one attached hydrogen (secondary N) is 1. The largest absolute Gasteiger partial charge is 0.355 e. The molecule has 1 aromatic carbocycles. The van der Waals surface area contributed by atoms with Gasteiger partial charge in [0.25, 0.3) is 0 Å². The summed E-state index contributed by atoms with van der Waals surface area (Å²) in [5.74, 6) is 0.623. The van der Waals surface area contributed by atoms with Crippen LogP contribution in [0.15, 0.2) is 42.7 Å². The molecule has 10 heteroatoms. The van der Waals surface area contributed by atoms with E-state index in [-0.39, 0.29) is 11.7 Å². The van der Waals surface area contributed by atoms with Crippen LogP contribution in [0.25, 0.3) is 0 Å². The number of hydrogen-bond acceptors (Lipinski definition) is 6. The third kappa shape index (κ3) is 5.47. The molecule has 0 unspecified atom stereocenters. The molecular weight excluding hydrogens is 462 g/mol. The average molecular weight is 492 g/mol. The molecule has 2 heterocycles. The highest BCUT2D eigenvalue weighted by Gasteiger charge is 2.42. The fraction of sp³-hybridized carbons (Fsp3) is 0.522. The number of carbonyl (C=O) groups is 1. The minimum Gasteiger partial charge on any atom is -0.355 e. The molecule has 0 radical (unpaired) electrons. The smallest absolute Gasteiger partial charge is 0.230 e. The van der Waals surface area contributed by atoms with E-state index in [1.807, 2.05) is 29.2 Å². The van der Waals surface area contributed by atoms with Crippen molar-refractivity contribution in [1.29, 1.82) is 0 Å². The quantitative estimate of drug-likeness (QED) is 0.570. The molecule has 2 aliphatic rings. The van der Waals surface area contributed by atoms with Gasteiger partial charge in [-0.15, -0.1) is 0 Å². The number of hydrogen-bond donors (Lipinski definition) is 1. The molecule has 0 spiro atoms. The lowest BCUT2D eigenvalue weighted by Gasteiger charge is -2.34. The molecule has 1 N–H and O–H groups in total. The zero-order valence-corrected chi connectivity index (χ0v) is 20.2. The van der Waals surface area contributed by atoms with E-state index in [1.165, 1.54) is 4.31 Å². The second-order valence-corrected chi connectivity index (χ2v) is 11.2. The number of anilines is 1.